The van der Waals surface area contributed by atoms with Crippen molar-refractivity contribution in [3.05, 3.63) is 68.9 Å². The standard InChI is InChI=1S/C20H22N4O/c1-14-13-24(10-9-21-14)16-6-4-5-15(11-16)12-19-17-7-2-3-8-18(17)20(25)23-22-19/h4-6,9,11,13H,2-3,7-8,10,12H2,1H3,(H,23,25). The van der Waals surface area contributed by atoms with Crippen molar-refractivity contribution in [1.29, 1.82) is 0 Å². The van der Waals surface area contributed by atoms with Gasteiger partial charge in [-0.3, -0.25) is 9.79 Å². The number of H-pyrrole nitrogens is 1. The quantitative estimate of drug-likeness (QED) is 0.938. The van der Waals surface area contributed by atoms with E-state index in [1.165, 1.54) is 11.1 Å². The summed E-state index contributed by atoms with van der Waals surface area (Å²) in [7, 11) is 0. The van der Waals surface area contributed by atoms with E-state index in [4.69, 9.17) is 0 Å². The fourth-order valence-electron chi connectivity index (χ4n) is 3.68. The van der Waals surface area contributed by atoms with Crippen LogP contribution in [0.3, 0.4) is 0 Å². The fraction of sp³-hybridized carbons (Fsp3) is 0.350. The van der Waals surface area contributed by atoms with Crippen molar-refractivity contribution in [2.75, 3.05) is 11.4 Å². The molecule has 1 aliphatic carbocycles. The van der Waals surface area contributed by atoms with Crippen molar-refractivity contribution in [2.45, 2.75) is 39.0 Å². The maximum absolute atomic E-state index is 12.0. The number of aromatic amines is 1. The van der Waals surface area contributed by atoms with E-state index in [1.54, 1.807) is 0 Å². The van der Waals surface area contributed by atoms with E-state index in [9.17, 15) is 4.79 Å². The van der Waals surface area contributed by atoms with Gasteiger partial charge in [-0.05, 0) is 55.9 Å². The first kappa shape index (κ1) is 15.8. The molecule has 25 heavy (non-hydrogen) atoms. The molecule has 1 aromatic carbocycles. The summed E-state index contributed by atoms with van der Waals surface area (Å²) in [5, 5.41) is 7.05. The van der Waals surface area contributed by atoms with E-state index >= 15 is 0 Å². The third-order valence-electron chi connectivity index (χ3n) is 4.91. The Labute approximate surface area is 147 Å². The van der Waals surface area contributed by atoms with Gasteiger partial charge in [-0.15, -0.1) is 0 Å². The summed E-state index contributed by atoms with van der Waals surface area (Å²) in [5.41, 5.74) is 6.48. The summed E-state index contributed by atoms with van der Waals surface area (Å²) in [4.78, 5) is 18.5. The molecule has 0 saturated heterocycles. The van der Waals surface area contributed by atoms with Crippen molar-refractivity contribution in [3.63, 3.8) is 0 Å². The molecule has 0 atom stereocenters. The van der Waals surface area contributed by atoms with Gasteiger partial charge in [0.05, 0.1) is 17.9 Å². The largest absolute Gasteiger partial charge is 0.341 e. The Kier molecular flexibility index (Phi) is 4.22. The Hall–Kier alpha value is -2.69. The summed E-state index contributed by atoms with van der Waals surface area (Å²) in [6.45, 7) is 2.79. The Balaban J connectivity index is 1.63. The lowest BCUT2D eigenvalue weighted by atomic mass is 9.90. The molecule has 0 fully saturated rings. The smallest absolute Gasteiger partial charge is 0.267 e. The van der Waals surface area contributed by atoms with Crippen molar-refractivity contribution < 1.29 is 0 Å². The molecule has 0 bridgehead atoms. The van der Waals surface area contributed by atoms with E-state index in [1.807, 2.05) is 13.1 Å². The highest BCUT2D eigenvalue weighted by molar-refractivity contribution is 5.71. The second kappa shape index (κ2) is 6.67. The van der Waals surface area contributed by atoms with Crippen LogP contribution in [0.5, 0.6) is 0 Å². The van der Waals surface area contributed by atoms with Crippen molar-refractivity contribution in [1.82, 2.24) is 10.2 Å². The Morgan fingerprint density at radius 1 is 1.20 bits per heavy atom. The third kappa shape index (κ3) is 3.27. The highest BCUT2D eigenvalue weighted by atomic mass is 16.1. The predicted octanol–water partition coefficient (Wildman–Crippen LogP) is 2.99. The number of benzene rings is 1. The number of anilines is 1. The number of aromatic nitrogens is 2. The lowest BCUT2D eigenvalue weighted by molar-refractivity contribution is 0.655. The molecule has 128 valence electrons. The molecule has 5 nitrogen and oxygen atoms in total. The number of allylic oxidation sites excluding steroid dienone is 1. The number of nitrogens with zero attached hydrogens (tertiary/aromatic N) is 3. The Morgan fingerprint density at radius 2 is 2.04 bits per heavy atom. The van der Waals surface area contributed by atoms with E-state index in [-0.39, 0.29) is 5.56 Å². The third-order valence-corrected chi connectivity index (χ3v) is 4.91. The van der Waals surface area contributed by atoms with Gasteiger partial charge < -0.3 is 4.90 Å². The van der Waals surface area contributed by atoms with Crippen molar-refractivity contribution in [3.8, 4) is 0 Å². The maximum Gasteiger partial charge on any atom is 0.267 e. The number of rotatable bonds is 3. The van der Waals surface area contributed by atoms with Crippen LogP contribution in [0.4, 0.5) is 5.69 Å². The van der Waals surface area contributed by atoms with Crippen LogP contribution in [0.1, 0.15) is 42.1 Å². The zero-order valence-corrected chi connectivity index (χ0v) is 14.5. The first-order valence-electron chi connectivity index (χ1n) is 8.86. The predicted molar refractivity (Wildman–Crippen MR) is 100 cm³/mol. The normalized spacial score (nSPS) is 16.5. The molecule has 0 amide bonds. The number of fused-ring (bicyclic) bond motifs is 1. The lowest BCUT2D eigenvalue weighted by Gasteiger charge is -2.22. The minimum atomic E-state index is -0.0135. The fourth-order valence-corrected chi connectivity index (χ4v) is 3.68. The van der Waals surface area contributed by atoms with Crippen LogP contribution in [0, 0.1) is 0 Å². The van der Waals surface area contributed by atoms with E-state index in [2.05, 4.69) is 50.6 Å². The van der Waals surface area contributed by atoms with Crippen LogP contribution in [0.15, 0.2) is 45.9 Å². The SMILES string of the molecule is CC1=CN(c2cccc(Cc3n[nH]c(=O)c4c3CCCC4)c2)CC=N1. The number of aliphatic imine (C=N–C) groups is 1. The van der Waals surface area contributed by atoms with Crippen molar-refractivity contribution in [2.24, 2.45) is 4.99 Å². The highest BCUT2D eigenvalue weighted by Crippen LogP contribution is 2.24. The van der Waals surface area contributed by atoms with Gasteiger partial charge in [-0.2, -0.15) is 5.10 Å². The number of hydrogen-bond acceptors (Lipinski definition) is 4. The molecule has 1 aliphatic heterocycles. The minimum absolute atomic E-state index is 0.0135. The molecule has 2 heterocycles. The number of hydrogen-bond donors (Lipinski definition) is 1. The maximum atomic E-state index is 12.0. The summed E-state index contributed by atoms with van der Waals surface area (Å²) in [6, 6.07) is 8.52. The van der Waals surface area contributed by atoms with Gasteiger partial charge in [-0.25, -0.2) is 5.10 Å². The molecule has 0 unspecified atom stereocenters. The molecule has 0 radical (unpaired) electrons. The molecule has 0 saturated carbocycles. The average Bonchev–Trinajstić information content (AvgIpc) is 2.65. The minimum Gasteiger partial charge on any atom is -0.341 e. The van der Waals surface area contributed by atoms with Crippen molar-refractivity contribution >= 4 is 11.9 Å². The molecule has 2 aromatic rings. The molecule has 2 aliphatic rings. The van der Waals surface area contributed by atoms with E-state index < -0.39 is 0 Å². The van der Waals surface area contributed by atoms with Crippen LogP contribution in [-0.2, 0) is 19.3 Å². The van der Waals surface area contributed by atoms with E-state index in [0.717, 1.165) is 61.3 Å². The summed E-state index contributed by atoms with van der Waals surface area (Å²) < 4.78 is 0. The van der Waals surface area contributed by atoms with Gasteiger partial charge in [0.1, 0.15) is 0 Å². The van der Waals surface area contributed by atoms with Gasteiger partial charge in [0.25, 0.3) is 5.56 Å². The zero-order valence-electron chi connectivity index (χ0n) is 14.5. The molecule has 5 heteroatoms. The van der Waals surface area contributed by atoms with Crippen LogP contribution in [-0.4, -0.2) is 23.0 Å². The Morgan fingerprint density at radius 3 is 2.88 bits per heavy atom. The summed E-state index contributed by atoms with van der Waals surface area (Å²) >= 11 is 0. The van der Waals surface area contributed by atoms with Gasteiger partial charge in [0, 0.05) is 30.1 Å². The second-order valence-electron chi connectivity index (χ2n) is 6.74. The first-order valence-corrected chi connectivity index (χ1v) is 8.86. The molecular formula is C20H22N4O. The highest BCUT2D eigenvalue weighted by Gasteiger charge is 2.18. The number of nitrogens with one attached hydrogen (secondary N) is 1. The van der Waals surface area contributed by atoms with Crippen LogP contribution < -0.4 is 10.5 Å². The Bertz CT molecular complexity index is 910. The van der Waals surface area contributed by atoms with Gasteiger partial charge in [0.2, 0.25) is 0 Å². The first-order chi connectivity index (χ1) is 12.2. The molecule has 1 aromatic heterocycles. The molecule has 0 spiro atoms. The molecule has 1 N–H and O–H groups in total. The summed E-state index contributed by atoms with van der Waals surface area (Å²) in [6.07, 6.45) is 8.82. The monoisotopic (exact) mass is 334 g/mol. The van der Waals surface area contributed by atoms with Crippen LogP contribution in [0.25, 0.3) is 0 Å². The van der Waals surface area contributed by atoms with E-state index in [0.29, 0.717) is 0 Å². The summed E-state index contributed by atoms with van der Waals surface area (Å²) in [5.74, 6) is 0. The average molecular weight is 334 g/mol. The van der Waals surface area contributed by atoms with Gasteiger partial charge in [0.15, 0.2) is 0 Å². The van der Waals surface area contributed by atoms with Crippen LogP contribution >= 0.6 is 0 Å². The molecule has 4 rings (SSSR count). The molecular weight excluding hydrogens is 312 g/mol. The van der Waals surface area contributed by atoms with Crippen LogP contribution in [0.2, 0.25) is 0 Å². The van der Waals surface area contributed by atoms with Gasteiger partial charge >= 0.3 is 0 Å². The lowest BCUT2D eigenvalue weighted by Crippen LogP contribution is -2.23. The zero-order chi connectivity index (χ0) is 17.2. The topological polar surface area (TPSA) is 61.4 Å². The second-order valence-corrected chi connectivity index (χ2v) is 6.74. The van der Waals surface area contributed by atoms with Gasteiger partial charge in [-0.1, -0.05) is 12.1 Å².